The van der Waals surface area contributed by atoms with Crippen molar-refractivity contribution in [2.75, 3.05) is 72.6 Å². The lowest BCUT2D eigenvalue weighted by molar-refractivity contribution is -0.152. The molecule has 20 N–H and O–H groups in total. The first kappa shape index (κ1) is 93.9. The van der Waals surface area contributed by atoms with Gasteiger partial charge in [-0.1, -0.05) is 101 Å². The van der Waals surface area contributed by atoms with Gasteiger partial charge in [-0.25, -0.2) is 4.79 Å². The number of carbonyl (C=O) groups is 11. The molecule has 36 heteroatoms. The Morgan fingerprint density at radius 2 is 1.33 bits per heavy atom. The third-order valence-electron chi connectivity index (χ3n) is 26.1. The number of hydrogen-bond donors (Lipinski definition) is 15. The van der Waals surface area contributed by atoms with Crippen LogP contribution in [0.3, 0.4) is 0 Å². The number of nitrogens with zero attached hydrogens (tertiary/aromatic N) is 7. The van der Waals surface area contributed by atoms with Gasteiger partial charge in [-0.15, -0.1) is 11.3 Å². The van der Waals surface area contributed by atoms with Crippen LogP contribution in [0.15, 0.2) is 63.9 Å². The maximum absolute atomic E-state index is 15.2. The third-order valence-corrected chi connectivity index (χ3v) is 27.0. The van der Waals surface area contributed by atoms with Crippen LogP contribution in [0, 0.1) is 5.92 Å². The van der Waals surface area contributed by atoms with Crippen molar-refractivity contribution in [2.45, 2.75) is 290 Å². The van der Waals surface area contributed by atoms with E-state index in [1.807, 2.05) is 6.07 Å². The number of likely N-dealkylation sites (N-methyl/N-ethyl adjacent to an activating group) is 1. The van der Waals surface area contributed by atoms with Crippen LogP contribution in [-0.2, 0) is 84.0 Å². The lowest BCUT2D eigenvalue weighted by Crippen LogP contribution is -2.66. The summed E-state index contributed by atoms with van der Waals surface area (Å²) in [4.78, 5) is 171. The first-order valence-corrected chi connectivity index (χ1v) is 45.4. The number of aliphatic hydroxyl groups excluding tert-OH is 3. The minimum absolute atomic E-state index is 0.00444. The Morgan fingerprint density at radius 1 is 0.642 bits per heavy atom. The van der Waals surface area contributed by atoms with Crippen molar-refractivity contribution < 1.29 is 82.6 Å². The summed E-state index contributed by atoms with van der Waals surface area (Å²) in [6.07, 6.45) is 17.3. The summed E-state index contributed by atoms with van der Waals surface area (Å²) in [6, 6.07) is 4.66. The number of unbranched alkanes of at least 4 members (excludes halogenated alkanes) is 9. The number of nitrogens with one attached hydrogen (secondary N) is 6. The number of thiophene rings is 1. The molecule has 8 aliphatic rings. The highest BCUT2D eigenvalue weighted by Crippen LogP contribution is 2.64. The summed E-state index contributed by atoms with van der Waals surface area (Å²) in [5, 5.41) is 61.1. The number of carbonyl (C=O) groups excluding carboxylic acids is 10. The standard InChI is InChI=1S/C87H130N18O17S/c1-101-41-36-87-59-33-34-69(108)76(87)122-75-70(35-32-54(74(75)87)45-66(59)101)121-42-17-8-6-4-2-3-5-7-12-31-71(109)93-37-16-15-27-60(88)77(112)99-61(28-18-38-94-85(89)90)80(115)102-40-20-30-65(102)82(117)105-50-57(107)46-67(105)79(114)96-48-72(110)98-63(47-58-26-21-43-123-58)78(113)100-64(52-106)81(116)104-49-55-23-14-13-22-53(55)44-68(104)83(118)103(56-24-10-9-11-25-56)51-73(111)97-62(84(119)120)29-19-39-95-86(91)92/h13-14,21-23,26,32,35,43,56-57,59-69,76,106-108H,2-12,15-20,24-25,27-31,33-34,36-42,44-52,88H2,1H3,(H,93,109)(H,96,114)(H,97,111)(H,98,110)(H,99,112)(H,100,113)(H,119,120)(H4,89,90,94)(H4,91,92,95)/t57-,59+,60-,61+,62+,63+,64+,65+,66-,67+,68-,69+,76+,87+/m1/s1. The number of piperidine rings is 1. The van der Waals surface area contributed by atoms with E-state index in [2.05, 4.69) is 66.0 Å². The number of ether oxygens (including phenoxy) is 2. The number of aliphatic carboxylic acids is 1. The highest BCUT2D eigenvalue weighted by Gasteiger charge is 2.65. The molecule has 5 fully saturated rings. The Bertz CT molecular complexity index is 4200. The molecule has 3 aliphatic carbocycles. The Labute approximate surface area is 723 Å². The number of β-amino-alcohol motifs (C(OH)–C–C–N with tert-alkyl or cyclic N) is 1. The van der Waals surface area contributed by atoms with Crippen LogP contribution in [0.2, 0.25) is 0 Å². The molecule has 0 unspecified atom stereocenters. The first-order valence-electron chi connectivity index (χ1n) is 44.5. The number of aliphatic imine (C=N–C) groups is 2. The molecule has 2 bridgehead atoms. The number of likely N-dealkylation sites (tertiary alicyclic amines) is 3. The molecule has 11 rings (SSSR count). The molecule has 6 heterocycles. The lowest BCUT2D eigenvalue weighted by Gasteiger charge is -2.58. The zero-order chi connectivity index (χ0) is 87.9. The first-order chi connectivity index (χ1) is 59.2. The summed E-state index contributed by atoms with van der Waals surface area (Å²) >= 11 is 1.27. The number of rotatable bonds is 46. The monoisotopic (exact) mass is 1730 g/mol. The Morgan fingerprint density at radius 3 is 2.02 bits per heavy atom. The number of amides is 10. The van der Waals surface area contributed by atoms with E-state index in [-0.39, 0.29) is 120 Å². The molecule has 14 atom stereocenters. The number of guanidine groups is 2. The molecule has 2 saturated carbocycles. The van der Waals surface area contributed by atoms with Gasteiger partial charge in [-0.3, -0.25) is 57.9 Å². The summed E-state index contributed by atoms with van der Waals surface area (Å²) in [5.41, 5.74) is 32.5. The lowest BCUT2D eigenvalue weighted by atomic mass is 9.51. The number of aliphatic hydroxyl groups is 3. The number of hydrogen-bond acceptors (Lipinski definition) is 21. The summed E-state index contributed by atoms with van der Waals surface area (Å²) < 4.78 is 13.1. The number of carboxylic acids is 1. The molecular formula is C87H130N18O17S. The average Bonchev–Trinajstić information content (AvgIpc) is 1.53. The van der Waals surface area contributed by atoms with Gasteiger partial charge in [-0.2, -0.15) is 0 Å². The second-order valence-electron chi connectivity index (χ2n) is 34.6. The zero-order valence-corrected chi connectivity index (χ0v) is 71.8. The van der Waals surface area contributed by atoms with E-state index in [0.717, 1.165) is 131 Å². The van der Waals surface area contributed by atoms with Crippen LogP contribution in [0.5, 0.6) is 11.5 Å². The predicted octanol–water partition coefficient (Wildman–Crippen LogP) is 1.22. The van der Waals surface area contributed by atoms with Gasteiger partial charge in [0.15, 0.2) is 23.4 Å². The van der Waals surface area contributed by atoms with Gasteiger partial charge in [0.05, 0.1) is 44.6 Å². The Kier molecular flexibility index (Phi) is 34.5. The predicted molar refractivity (Wildman–Crippen MR) is 460 cm³/mol. The van der Waals surface area contributed by atoms with Gasteiger partial charge in [0.2, 0.25) is 59.1 Å². The minimum Gasteiger partial charge on any atom is -0.490 e. The maximum atomic E-state index is 15.2. The van der Waals surface area contributed by atoms with E-state index in [1.165, 1.54) is 37.2 Å². The van der Waals surface area contributed by atoms with Crippen LogP contribution >= 0.6 is 11.3 Å². The van der Waals surface area contributed by atoms with E-state index in [1.54, 1.807) is 35.7 Å². The SMILES string of the molecule is CN1CC[C@]23c4c5ccc(OCCCCCCCCCCCC(=O)NCCCC[C@@H](N)C(=O)N[C@@H](CCCN=C(N)N)C(=O)N6CCC[C@H]6C(=O)N6C[C@H](O)C[C@H]6C(=O)NCC(=O)N[C@@H](Cc6cccs6)C(=O)N[C@@H](CO)C(=O)N6Cc7ccccc7C[C@@H]6C(=O)N(CC(=O)N[C@@H](CCCN=C(N)N)C(=O)O)C6CCCCC6)c4O[C@H]2[C@@H](O)CC[C@H]3[C@H]1C5. The summed E-state index contributed by atoms with van der Waals surface area (Å²) in [6.45, 7) is -0.226. The topological polar surface area (TPSA) is 530 Å². The summed E-state index contributed by atoms with van der Waals surface area (Å²) in [7, 11) is 2.24. The maximum Gasteiger partial charge on any atom is 0.326 e. The van der Waals surface area contributed by atoms with Crippen molar-refractivity contribution in [1.29, 1.82) is 0 Å². The number of carboxylic acid groups (broad SMARTS) is 1. The number of benzene rings is 2. The van der Waals surface area contributed by atoms with E-state index in [4.69, 9.17) is 38.1 Å². The van der Waals surface area contributed by atoms with Gasteiger partial charge < -0.3 is 115 Å². The largest absolute Gasteiger partial charge is 0.490 e. The van der Waals surface area contributed by atoms with Crippen molar-refractivity contribution in [3.63, 3.8) is 0 Å². The van der Waals surface area contributed by atoms with Crippen molar-refractivity contribution >= 4 is 88.3 Å². The van der Waals surface area contributed by atoms with E-state index in [9.17, 15) is 68.4 Å². The van der Waals surface area contributed by atoms with Gasteiger partial charge in [-0.05, 0) is 163 Å². The third kappa shape index (κ3) is 24.4. The van der Waals surface area contributed by atoms with Gasteiger partial charge in [0.25, 0.3) is 0 Å². The molecular weight excluding hydrogens is 1600 g/mol. The molecule has 1 spiro atoms. The highest BCUT2D eigenvalue weighted by atomic mass is 32.1. The number of fused-ring (bicyclic) bond motifs is 1. The molecule has 2 aromatic carbocycles. The normalized spacial score (nSPS) is 23.1. The number of nitrogens with two attached hydrogens (primary N) is 5. The van der Waals surface area contributed by atoms with Crippen molar-refractivity contribution in [3.05, 3.63) is 81.0 Å². The molecule has 0 radical (unpaired) electrons. The minimum atomic E-state index is -1.68. The van der Waals surface area contributed by atoms with Gasteiger partial charge in [0.1, 0.15) is 48.4 Å². The molecule has 10 amide bonds. The van der Waals surface area contributed by atoms with Gasteiger partial charge >= 0.3 is 5.97 Å². The molecule has 5 aliphatic heterocycles. The Balaban J connectivity index is 0.608. The fraction of sp³-hybridized carbons (Fsp3) is 0.667. The fourth-order valence-corrected chi connectivity index (χ4v) is 20.5. The van der Waals surface area contributed by atoms with Crippen LogP contribution < -0.4 is 70.0 Å². The second-order valence-corrected chi connectivity index (χ2v) is 35.6. The van der Waals surface area contributed by atoms with E-state index >= 15 is 4.79 Å². The molecule has 35 nitrogen and oxygen atoms in total. The van der Waals surface area contributed by atoms with Crippen molar-refractivity contribution in [2.24, 2.45) is 44.6 Å². The quantitative estimate of drug-likeness (QED) is 0.0215. The molecule has 1 aromatic heterocycles. The van der Waals surface area contributed by atoms with Crippen molar-refractivity contribution in [1.82, 2.24) is 56.4 Å². The Hall–Kier alpha value is -9.75. The molecule has 3 saturated heterocycles. The highest BCUT2D eigenvalue weighted by molar-refractivity contribution is 7.09. The summed E-state index contributed by atoms with van der Waals surface area (Å²) in [5.74, 6) is -6.11. The average molecular weight is 1730 g/mol. The van der Waals surface area contributed by atoms with Crippen molar-refractivity contribution in [3.8, 4) is 11.5 Å². The smallest absolute Gasteiger partial charge is 0.326 e. The van der Waals surface area contributed by atoms with E-state index in [0.29, 0.717) is 74.1 Å². The van der Waals surface area contributed by atoms with Crippen LogP contribution in [0.25, 0.3) is 0 Å². The fourth-order valence-electron chi connectivity index (χ4n) is 19.7. The second kappa shape index (κ2) is 45.2. The van der Waals surface area contributed by atoms with Crippen LogP contribution in [0.4, 0.5) is 0 Å². The van der Waals surface area contributed by atoms with Crippen LogP contribution in [0.1, 0.15) is 207 Å². The van der Waals surface area contributed by atoms with Gasteiger partial charge in [0, 0.05) is 92.9 Å². The van der Waals surface area contributed by atoms with E-state index < -0.39 is 145 Å². The zero-order valence-electron chi connectivity index (χ0n) is 71.0. The van der Waals surface area contributed by atoms with Crippen LogP contribution in [-0.4, -0.2) is 273 Å². The molecule has 123 heavy (non-hydrogen) atoms. The molecule has 676 valence electrons. The molecule has 3 aromatic rings.